The highest BCUT2D eigenvalue weighted by Gasteiger charge is 2.66. The standard InChI is InChI=1S/C14H11F5N4O3S/c15-9-2-1-3-10(16)11(9)23-5-8(4-20-23)21-12(24)22-13(14(17,18)19)6-27(25,26)7-13/h1-5H,6-7H2,(H2,21,22,24). The average molecular weight is 410 g/mol. The number of nitrogens with one attached hydrogen (secondary N) is 2. The van der Waals surface area contributed by atoms with Gasteiger partial charge in [-0.3, -0.25) is 0 Å². The molecule has 2 heterocycles. The molecule has 1 aromatic heterocycles. The zero-order chi connectivity index (χ0) is 20.0. The summed E-state index contributed by atoms with van der Waals surface area (Å²) in [6, 6.07) is 1.75. The van der Waals surface area contributed by atoms with E-state index in [1.165, 1.54) is 0 Å². The molecule has 3 rings (SSSR count). The Balaban J connectivity index is 1.75. The summed E-state index contributed by atoms with van der Waals surface area (Å²) in [5, 5.41) is 7.27. The molecular weight excluding hydrogens is 399 g/mol. The average Bonchev–Trinajstić information content (AvgIpc) is 2.91. The normalized spacial score (nSPS) is 17.8. The number of alkyl halides is 3. The molecule has 0 unspecified atom stereocenters. The van der Waals surface area contributed by atoms with Gasteiger partial charge >= 0.3 is 12.2 Å². The topological polar surface area (TPSA) is 93.1 Å². The van der Waals surface area contributed by atoms with Crippen molar-refractivity contribution in [1.29, 1.82) is 0 Å². The number of rotatable bonds is 3. The Morgan fingerprint density at radius 3 is 2.30 bits per heavy atom. The van der Waals surface area contributed by atoms with Crippen LogP contribution in [0.15, 0.2) is 30.6 Å². The lowest BCUT2D eigenvalue weighted by Crippen LogP contribution is -2.73. The second kappa shape index (κ2) is 6.18. The largest absolute Gasteiger partial charge is 0.413 e. The number of carbonyl (C=O) groups is 1. The number of hydrogen-bond donors (Lipinski definition) is 2. The predicted octanol–water partition coefficient (Wildman–Crippen LogP) is 2.00. The predicted molar refractivity (Wildman–Crippen MR) is 83.1 cm³/mol. The molecule has 0 spiro atoms. The van der Waals surface area contributed by atoms with E-state index >= 15 is 0 Å². The van der Waals surface area contributed by atoms with Gasteiger partial charge < -0.3 is 10.6 Å². The van der Waals surface area contributed by atoms with E-state index in [9.17, 15) is 35.2 Å². The molecule has 0 aliphatic carbocycles. The fourth-order valence-electron chi connectivity index (χ4n) is 2.61. The van der Waals surface area contributed by atoms with Crippen molar-refractivity contribution in [1.82, 2.24) is 15.1 Å². The first-order valence-electron chi connectivity index (χ1n) is 7.28. The summed E-state index contributed by atoms with van der Waals surface area (Å²) in [5.74, 6) is -4.41. The van der Waals surface area contributed by atoms with Crippen molar-refractivity contribution in [3.8, 4) is 5.69 Å². The summed E-state index contributed by atoms with van der Waals surface area (Å²) in [6.07, 6.45) is -3.03. The number of urea groups is 1. The van der Waals surface area contributed by atoms with Crippen LogP contribution in [0.1, 0.15) is 0 Å². The Labute approximate surface area is 149 Å². The number of benzene rings is 1. The smallest absolute Gasteiger partial charge is 0.322 e. The van der Waals surface area contributed by atoms with Gasteiger partial charge in [0.1, 0.15) is 5.69 Å². The highest BCUT2D eigenvalue weighted by atomic mass is 32.2. The Morgan fingerprint density at radius 1 is 1.19 bits per heavy atom. The molecule has 2 aromatic rings. The van der Waals surface area contributed by atoms with Crippen LogP contribution in [0.4, 0.5) is 32.4 Å². The molecule has 2 N–H and O–H groups in total. The highest BCUT2D eigenvalue weighted by molar-refractivity contribution is 7.93. The first-order chi connectivity index (χ1) is 12.4. The first kappa shape index (κ1) is 19.1. The third-order valence-corrected chi connectivity index (χ3v) is 5.70. The number of aromatic nitrogens is 2. The van der Waals surface area contributed by atoms with Crippen molar-refractivity contribution in [2.75, 3.05) is 16.8 Å². The molecule has 1 saturated heterocycles. The Kier molecular flexibility index (Phi) is 4.37. The third kappa shape index (κ3) is 3.59. The molecule has 1 aliphatic heterocycles. The maximum Gasteiger partial charge on any atom is 0.413 e. The molecule has 0 atom stereocenters. The van der Waals surface area contributed by atoms with Gasteiger partial charge in [0, 0.05) is 0 Å². The van der Waals surface area contributed by atoms with Crippen molar-refractivity contribution < 1.29 is 35.2 Å². The van der Waals surface area contributed by atoms with Crippen LogP contribution in [0.2, 0.25) is 0 Å². The van der Waals surface area contributed by atoms with Gasteiger partial charge in [0.05, 0.1) is 29.6 Å². The number of halogens is 5. The van der Waals surface area contributed by atoms with Crippen molar-refractivity contribution >= 4 is 21.6 Å². The lowest BCUT2D eigenvalue weighted by atomic mass is 10.0. The maximum absolute atomic E-state index is 13.7. The molecule has 1 aliphatic rings. The van der Waals surface area contributed by atoms with E-state index in [1.54, 1.807) is 5.32 Å². The van der Waals surface area contributed by atoms with Crippen LogP contribution in [-0.4, -0.2) is 47.5 Å². The molecule has 0 radical (unpaired) electrons. The molecule has 2 amide bonds. The van der Waals surface area contributed by atoms with Crippen molar-refractivity contribution in [3.63, 3.8) is 0 Å². The molecule has 27 heavy (non-hydrogen) atoms. The van der Waals surface area contributed by atoms with Crippen molar-refractivity contribution in [2.24, 2.45) is 0 Å². The summed E-state index contributed by atoms with van der Waals surface area (Å²) >= 11 is 0. The second-order valence-electron chi connectivity index (χ2n) is 5.94. The van der Waals surface area contributed by atoms with Crippen LogP contribution in [0.5, 0.6) is 0 Å². The Bertz CT molecular complexity index is 970. The monoisotopic (exact) mass is 410 g/mol. The fourth-order valence-corrected chi connectivity index (χ4v) is 4.50. The Morgan fingerprint density at radius 2 is 1.78 bits per heavy atom. The third-order valence-electron chi connectivity index (χ3n) is 3.84. The van der Waals surface area contributed by atoms with E-state index in [1.807, 2.05) is 5.32 Å². The molecular formula is C14H11F5N4O3S. The molecule has 7 nitrogen and oxygen atoms in total. The van der Waals surface area contributed by atoms with E-state index in [2.05, 4.69) is 5.10 Å². The summed E-state index contributed by atoms with van der Waals surface area (Å²) in [6.45, 7) is 0. The van der Waals surface area contributed by atoms with Gasteiger partial charge in [-0.05, 0) is 12.1 Å². The van der Waals surface area contributed by atoms with Crippen LogP contribution in [0.3, 0.4) is 0 Å². The van der Waals surface area contributed by atoms with Gasteiger partial charge in [0.25, 0.3) is 0 Å². The number of nitrogens with zero attached hydrogens (tertiary/aromatic N) is 2. The van der Waals surface area contributed by atoms with Gasteiger partial charge in [0.15, 0.2) is 27.0 Å². The van der Waals surface area contributed by atoms with E-state index in [-0.39, 0.29) is 5.69 Å². The zero-order valence-electron chi connectivity index (χ0n) is 13.2. The zero-order valence-corrected chi connectivity index (χ0v) is 14.0. The second-order valence-corrected chi connectivity index (χ2v) is 8.00. The van der Waals surface area contributed by atoms with Gasteiger partial charge in [-0.15, -0.1) is 0 Å². The van der Waals surface area contributed by atoms with Gasteiger partial charge in [-0.1, -0.05) is 6.07 Å². The molecule has 0 bridgehead atoms. The quantitative estimate of drug-likeness (QED) is 0.757. The number of carbonyl (C=O) groups excluding carboxylic acids is 1. The summed E-state index contributed by atoms with van der Waals surface area (Å²) in [4.78, 5) is 11.9. The number of anilines is 1. The molecule has 1 aromatic carbocycles. The maximum atomic E-state index is 13.7. The van der Waals surface area contributed by atoms with Crippen LogP contribution < -0.4 is 10.6 Å². The van der Waals surface area contributed by atoms with Crippen LogP contribution >= 0.6 is 0 Å². The first-order valence-corrected chi connectivity index (χ1v) is 9.10. The van der Waals surface area contributed by atoms with E-state index in [0.717, 1.165) is 35.3 Å². The molecule has 13 heteroatoms. The minimum absolute atomic E-state index is 0.158. The Hall–Kier alpha value is -2.70. The highest BCUT2D eigenvalue weighted by Crippen LogP contribution is 2.39. The number of hydrogen-bond acceptors (Lipinski definition) is 4. The van der Waals surface area contributed by atoms with Gasteiger partial charge in [-0.25, -0.2) is 26.7 Å². The van der Waals surface area contributed by atoms with E-state index < -0.39 is 56.4 Å². The lowest BCUT2D eigenvalue weighted by molar-refractivity contribution is -0.183. The number of sulfone groups is 1. The van der Waals surface area contributed by atoms with Gasteiger partial charge in [-0.2, -0.15) is 18.3 Å². The minimum atomic E-state index is -4.98. The van der Waals surface area contributed by atoms with E-state index in [0.29, 0.717) is 0 Å². The van der Waals surface area contributed by atoms with Crippen LogP contribution in [0.25, 0.3) is 5.69 Å². The molecule has 0 saturated carbocycles. The van der Waals surface area contributed by atoms with Gasteiger partial charge in [0.2, 0.25) is 0 Å². The van der Waals surface area contributed by atoms with E-state index in [4.69, 9.17) is 0 Å². The molecule has 146 valence electrons. The van der Waals surface area contributed by atoms with Crippen molar-refractivity contribution in [3.05, 3.63) is 42.2 Å². The minimum Gasteiger partial charge on any atom is -0.322 e. The summed E-state index contributed by atoms with van der Waals surface area (Å²) < 4.78 is 89.8. The van der Waals surface area contributed by atoms with Crippen molar-refractivity contribution in [2.45, 2.75) is 11.7 Å². The SMILES string of the molecule is O=C(Nc1cnn(-c2c(F)cccc2F)c1)NC1(C(F)(F)F)CS(=O)(=O)C1. The van der Waals surface area contributed by atoms with Crippen LogP contribution in [0, 0.1) is 11.6 Å². The molecule has 1 fully saturated rings. The summed E-state index contributed by atoms with van der Waals surface area (Å²) in [5.41, 5.74) is -3.58. The number of amides is 2. The lowest BCUT2D eigenvalue weighted by Gasteiger charge is -2.42. The van der Waals surface area contributed by atoms with Crippen LogP contribution in [-0.2, 0) is 9.84 Å². The summed E-state index contributed by atoms with van der Waals surface area (Å²) in [7, 11) is -3.89. The fraction of sp³-hybridized carbons (Fsp3) is 0.286. The number of para-hydroxylation sites is 1.